The van der Waals surface area contributed by atoms with Crippen LogP contribution in [0.25, 0.3) is 0 Å². The van der Waals surface area contributed by atoms with Crippen LogP contribution < -0.4 is 10.1 Å². The molecule has 1 unspecified atom stereocenters. The summed E-state index contributed by atoms with van der Waals surface area (Å²) in [5, 5.41) is 3.29. The quantitative estimate of drug-likeness (QED) is 0.910. The number of ether oxygens (including phenoxy) is 2. The molecular weight excluding hydrogens is 268 g/mol. The Labute approximate surface area is 123 Å². The van der Waals surface area contributed by atoms with Crippen molar-refractivity contribution in [2.45, 2.75) is 25.5 Å². The predicted octanol–water partition coefficient (Wildman–Crippen LogP) is 2.34. The number of rotatable bonds is 5. The number of nitrogens with one attached hydrogen (secondary N) is 1. The monoisotopic (exact) mass is 286 g/mol. The minimum Gasteiger partial charge on any atom is -0.481 e. The van der Waals surface area contributed by atoms with Crippen molar-refractivity contribution in [2.75, 3.05) is 19.0 Å². The Morgan fingerprint density at radius 3 is 2.90 bits per heavy atom. The van der Waals surface area contributed by atoms with Crippen molar-refractivity contribution >= 4 is 5.82 Å². The second kappa shape index (κ2) is 6.49. The van der Waals surface area contributed by atoms with Gasteiger partial charge in [-0.2, -0.15) is 4.98 Å². The Balaban J connectivity index is 1.75. The Hall–Kier alpha value is -2.21. The molecule has 110 valence electrons. The van der Waals surface area contributed by atoms with Crippen LogP contribution in [-0.4, -0.2) is 28.7 Å². The van der Waals surface area contributed by atoms with Gasteiger partial charge in [-0.1, -0.05) is 0 Å². The van der Waals surface area contributed by atoms with Crippen molar-refractivity contribution in [3.63, 3.8) is 0 Å². The molecule has 2 aromatic rings. The average molecular weight is 286 g/mol. The number of aromatic nitrogens is 3. The molecule has 21 heavy (non-hydrogen) atoms. The predicted molar refractivity (Wildman–Crippen MR) is 78.1 cm³/mol. The summed E-state index contributed by atoms with van der Waals surface area (Å²) in [6.45, 7) is 1.44. The molecule has 0 aliphatic carbocycles. The summed E-state index contributed by atoms with van der Waals surface area (Å²) >= 11 is 0. The number of hydrogen-bond acceptors (Lipinski definition) is 6. The fourth-order valence-corrected chi connectivity index (χ4v) is 2.26. The first-order valence-electron chi connectivity index (χ1n) is 7.02. The van der Waals surface area contributed by atoms with Gasteiger partial charge >= 0.3 is 0 Å². The second-order valence-corrected chi connectivity index (χ2v) is 4.86. The topological polar surface area (TPSA) is 69.2 Å². The van der Waals surface area contributed by atoms with Crippen molar-refractivity contribution in [1.29, 1.82) is 0 Å². The van der Waals surface area contributed by atoms with Crippen LogP contribution in [0.1, 0.15) is 30.3 Å². The molecule has 1 aliphatic heterocycles. The summed E-state index contributed by atoms with van der Waals surface area (Å²) in [6, 6.07) is 5.72. The first-order valence-corrected chi connectivity index (χ1v) is 7.02. The van der Waals surface area contributed by atoms with Crippen molar-refractivity contribution in [3.8, 4) is 5.88 Å². The van der Waals surface area contributed by atoms with Crippen LogP contribution in [0.3, 0.4) is 0 Å². The molecule has 0 spiro atoms. The number of anilines is 1. The maximum Gasteiger partial charge on any atom is 0.218 e. The van der Waals surface area contributed by atoms with E-state index in [1.165, 1.54) is 0 Å². The van der Waals surface area contributed by atoms with Crippen molar-refractivity contribution in [1.82, 2.24) is 15.0 Å². The highest BCUT2D eigenvalue weighted by Crippen LogP contribution is 2.28. The van der Waals surface area contributed by atoms with E-state index in [9.17, 15) is 0 Å². The third-order valence-electron chi connectivity index (χ3n) is 3.37. The molecule has 3 heterocycles. The van der Waals surface area contributed by atoms with Gasteiger partial charge in [-0.05, 0) is 30.5 Å². The second-order valence-electron chi connectivity index (χ2n) is 4.86. The SMILES string of the molecule is COc1cc(NCc2ccncc2)nc(C2CCCO2)n1. The lowest BCUT2D eigenvalue weighted by atomic mass is 10.2. The number of hydrogen-bond donors (Lipinski definition) is 1. The van der Waals surface area contributed by atoms with Gasteiger partial charge < -0.3 is 14.8 Å². The molecular formula is C15H18N4O2. The minimum absolute atomic E-state index is 0.0263. The Morgan fingerprint density at radius 1 is 1.33 bits per heavy atom. The molecule has 0 bridgehead atoms. The first kappa shape index (κ1) is 13.8. The molecule has 3 rings (SSSR count). The van der Waals surface area contributed by atoms with Gasteiger partial charge in [0.05, 0.1) is 7.11 Å². The lowest BCUT2D eigenvalue weighted by Gasteiger charge is -2.12. The van der Waals surface area contributed by atoms with Crippen LogP contribution in [0.4, 0.5) is 5.82 Å². The van der Waals surface area contributed by atoms with Gasteiger partial charge in [-0.15, -0.1) is 0 Å². The molecule has 1 saturated heterocycles. The molecule has 6 heteroatoms. The molecule has 0 saturated carbocycles. The Bertz CT molecular complexity index is 585. The summed E-state index contributed by atoms with van der Waals surface area (Å²) < 4.78 is 10.9. The van der Waals surface area contributed by atoms with E-state index >= 15 is 0 Å². The highest BCUT2D eigenvalue weighted by atomic mass is 16.5. The largest absolute Gasteiger partial charge is 0.481 e. The van der Waals surface area contributed by atoms with E-state index in [0.717, 1.165) is 30.8 Å². The van der Waals surface area contributed by atoms with Crippen LogP contribution in [0.15, 0.2) is 30.6 Å². The average Bonchev–Trinajstić information content (AvgIpc) is 3.08. The molecule has 1 atom stereocenters. The van der Waals surface area contributed by atoms with E-state index in [-0.39, 0.29) is 6.10 Å². The van der Waals surface area contributed by atoms with Gasteiger partial charge in [0.25, 0.3) is 0 Å². The van der Waals surface area contributed by atoms with Gasteiger partial charge in [0, 0.05) is 31.6 Å². The zero-order valence-electron chi connectivity index (χ0n) is 12.0. The number of nitrogens with zero attached hydrogens (tertiary/aromatic N) is 3. The lowest BCUT2D eigenvalue weighted by molar-refractivity contribution is 0.104. The minimum atomic E-state index is -0.0263. The zero-order valence-corrected chi connectivity index (χ0v) is 12.0. The normalized spacial score (nSPS) is 17.7. The van der Waals surface area contributed by atoms with E-state index in [0.29, 0.717) is 18.2 Å². The molecule has 2 aromatic heterocycles. The smallest absolute Gasteiger partial charge is 0.218 e. The van der Waals surface area contributed by atoms with Gasteiger partial charge in [0.15, 0.2) is 5.82 Å². The van der Waals surface area contributed by atoms with E-state index < -0.39 is 0 Å². The van der Waals surface area contributed by atoms with Crippen molar-refractivity contribution < 1.29 is 9.47 Å². The third kappa shape index (κ3) is 3.46. The standard InChI is InChI=1S/C15H18N4O2/c1-20-14-9-13(17-10-11-4-6-16-7-5-11)18-15(19-14)12-3-2-8-21-12/h4-7,9,12H,2-3,8,10H2,1H3,(H,17,18,19). The highest BCUT2D eigenvalue weighted by molar-refractivity contribution is 5.39. The molecule has 1 aliphatic rings. The Kier molecular flexibility index (Phi) is 4.25. The van der Waals surface area contributed by atoms with E-state index in [1.54, 1.807) is 25.6 Å². The van der Waals surface area contributed by atoms with Crippen LogP contribution in [-0.2, 0) is 11.3 Å². The molecule has 1 N–H and O–H groups in total. The van der Waals surface area contributed by atoms with Gasteiger partial charge in [0.2, 0.25) is 5.88 Å². The molecule has 6 nitrogen and oxygen atoms in total. The maximum atomic E-state index is 5.64. The van der Waals surface area contributed by atoms with Crippen LogP contribution in [0, 0.1) is 0 Å². The van der Waals surface area contributed by atoms with E-state index in [4.69, 9.17) is 9.47 Å². The van der Waals surface area contributed by atoms with Crippen LogP contribution in [0.2, 0.25) is 0 Å². The van der Waals surface area contributed by atoms with Crippen LogP contribution in [0.5, 0.6) is 5.88 Å². The fourth-order valence-electron chi connectivity index (χ4n) is 2.26. The fraction of sp³-hybridized carbons (Fsp3) is 0.400. The van der Waals surface area contributed by atoms with Gasteiger partial charge in [-0.25, -0.2) is 4.98 Å². The van der Waals surface area contributed by atoms with E-state index in [1.807, 2.05) is 12.1 Å². The molecule has 0 radical (unpaired) electrons. The summed E-state index contributed by atoms with van der Waals surface area (Å²) in [5.41, 5.74) is 1.14. The summed E-state index contributed by atoms with van der Waals surface area (Å²) in [4.78, 5) is 12.9. The molecule has 1 fully saturated rings. The lowest BCUT2D eigenvalue weighted by Crippen LogP contribution is -2.08. The van der Waals surface area contributed by atoms with E-state index in [2.05, 4.69) is 20.3 Å². The summed E-state index contributed by atoms with van der Waals surface area (Å²) in [5.74, 6) is 1.97. The highest BCUT2D eigenvalue weighted by Gasteiger charge is 2.21. The summed E-state index contributed by atoms with van der Waals surface area (Å²) in [7, 11) is 1.61. The molecule has 0 amide bonds. The van der Waals surface area contributed by atoms with Crippen molar-refractivity contribution in [2.24, 2.45) is 0 Å². The molecule has 0 aromatic carbocycles. The van der Waals surface area contributed by atoms with Gasteiger partial charge in [-0.3, -0.25) is 4.98 Å². The van der Waals surface area contributed by atoms with Crippen LogP contribution >= 0.6 is 0 Å². The maximum absolute atomic E-state index is 5.64. The van der Waals surface area contributed by atoms with Gasteiger partial charge in [0.1, 0.15) is 11.9 Å². The number of methoxy groups -OCH3 is 1. The zero-order chi connectivity index (χ0) is 14.5. The van der Waals surface area contributed by atoms with Crippen molar-refractivity contribution in [3.05, 3.63) is 42.0 Å². The third-order valence-corrected chi connectivity index (χ3v) is 3.37. The first-order chi connectivity index (χ1) is 10.3. The summed E-state index contributed by atoms with van der Waals surface area (Å²) in [6.07, 6.45) is 5.52. The number of pyridine rings is 1. The Morgan fingerprint density at radius 2 is 2.19 bits per heavy atom.